The van der Waals surface area contributed by atoms with Crippen LogP contribution in [0.4, 0.5) is 0 Å². The molecule has 0 heterocycles. The summed E-state index contributed by atoms with van der Waals surface area (Å²) in [7, 11) is 0. The van der Waals surface area contributed by atoms with Gasteiger partial charge in [0.05, 0.1) is 0 Å². The van der Waals surface area contributed by atoms with Crippen LogP contribution in [-0.2, 0) is 4.79 Å². The highest BCUT2D eigenvalue weighted by atomic mass is 32.1. The Kier molecular flexibility index (Phi) is 3.87. The monoisotopic (exact) mass is 172 g/mol. The largest absolute Gasteiger partial charge is 0.303 e. The topological polar surface area (TPSA) is 17.1 Å². The second-order valence-corrected chi connectivity index (χ2v) is 4.76. The van der Waals surface area contributed by atoms with E-state index in [0.717, 1.165) is 17.6 Å². The second-order valence-electron chi connectivity index (χ2n) is 4.12. The van der Waals surface area contributed by atoms with Gasteiger partial charge >= 0.3 is 0 Å². The first-order valence-corrected chi connectivity index (χ1v) is 4.23. The SMILES string of the molecule is CC(=S)C(C=O)CC(C)(C)C. The fraction of sp³-hybridized carbons (Fsp3) is 0.778. The van der Waals surface area contributed by atoms with Crippen LogP contribution in [0.2, 0.25) is 0 Å². The summed E-state index contributed by atoms with van der Waals surface area (Å²) in [6.07, 6.45) is 1.80. The molecule has 0 amide bonds. The van der Waals surface area contributed by atoms with E-state index in [1.165, 1.54) is 0 Å². The molecule has 0 rings (SSSR count). The molecule has 11 heavy (non-hydrogen) atoms. The molecule has 0 N–H and O–H groups in total. The molecule has 0 saturated carbocycles. The lowest BCUT2D eigenvalue weighted by Crippen LogP contribution is -2.19. The predicted molar refractivity (Wildman–Crippen MR) is 51.9 cm³/mol. The van der Waals surface area contributed by atoms with E-state index >= 15 is 0 Å². The van der Waals surface area contributed by atoms with E-state index in [-0.39, 0.29) is 11.3 Å². The zero-order valence-electron chi connectivity index (χ0n) is 7.68. The molecule has 1 unspecified atom stereocenters. The molecular formula is C9H16OS. The van der Waals surface area contributed by atoms with E-state index in [2.05, 4.69) is 20.8 Å². The Morgan fingerprint density at radius 2 is 2.00 bits per heavy atom. The zero-order valence-corrected chi connectivity index (χ0v) is 8.49. The van der Waals surface area contributed by atoms with Crippen LogP contribution in [0.15, 0.2) is 0 Å². The van der Waals surface area contributed by atoms with Gasteiger partial charge in [-0.2, -0.15) is 0 Å². The Bertz CT molecular complexity index is 155. The number of carbonyl (C=O) groups excluding carboxylic acids is 1. The summed E-state index contributed by atoms with van der Waals surface area (Å²) in [5.41, 5.74) is 0.186. The number of aldehydes is 1. The van der Waals surface area contributed by atoms with Gasteiger partial charge in [-0.1, -0.05) is 33.0 Å². The minimum Gasteiger partial charge on any atom is -0.303 e. The van der Waals surface area contributed by atoms with Crippen molar-refractivity contribution < 1.29 is 4.79 Å². The van der Waals surface area contributed by atoms with E-state index in [4.69, 9.17) is 12.2 Å². The van der Waals surface area contributed by atoms with E-state index < -0.39 is 0 Å². The predicted octanol–water partition coefficient (Wildman–Crippen LogP) is 2.63. The van der Waals surface area contributed by atoms with Crippen LogP contribution in [0, 0.1) is 11.3 Å². The molecule has 2 heteroatoms. The molecule has 0 aliphatic carbocycles. The first-order valence-electron chi connectivity index (χ1n) is 3.82. The van der Waals surface area contributed by atoms with Crippen molar-refractivity contribution in [2.24, 2.45) is 11.3 Å². The van der Waals surface area contributed by atoms with Gasteiger partial charge in [0, 0.05) is 5.92 Å². The Morgan fingerprint density at radius 1 is 1.55 bits per heavy atom. The maximum absolute atomic E-state index is 10.5. The summed E-state index contributed by atoms with van der Waals surface area (Å²) >= 11 is 4.95. The van der Waals surface area contributed by atoms with Crippen molar-refractivity contribution in [2.75, 3.05) is 0 Å². The molecule has 0 fully saturated rings. The molecule has 0 aromatic heterocycles. The lowest BCUT2D eigenvalue weighted by molar-refractivity contribution is -0.110. The highest BCUT2D eigenvalue weighted by Gasteiger charge is 2.19. The van der Waals surface area contributed by atoms with Crippen LogP contribution < -0.4 is 0 Å². The quantitative estimate of drug-likeness (QED) is 0.481. The van der Waals surface area contributed by atoms with E-state index in [0.29, 0.717) is 0 Å². The lowest BCUT2D eigenvalue weighted by Gasteiger charge is -2.21. The summed E-state index contributed by atoms with van der Waals surface area (Å²) in [6.45, 7) is 8.17. The summed E-state index contributed by atoms with van der Waals surface area (Å²) < 4.78 is 0. The minimum absolute atomic E-state index is 0.0370. The Balaban J connectivity index is 4.10. The maximum Gasteiger partial charge on any atom is 0.127 e. The molecule has 0 aromatic carbocycles. The number of carbonyl (C=O) groups is 1. The van der Waals surface area contributed by atoms with E-state index in [1.54, 1.807) is 0 Å². The number of hydrogen-bond acceptors (Lipinski definition) is 2. The molecule has 0 aliphatic heterocycles. The van der Waals surface area contributed by atoms with Gasteiger partial charge in [-0.25, -0.2) is 0 Å². The van der Waals surface area contributed by atoms with Gasteiger partial charge in [-0.15, -0.1) is 0 Å². The van der Waals surface area contributed by atoms with Gasteiger partial charge in [0.25, 0.3) is 0 Å². The second kappa shape index (κ2) is 3.96. The summed E-state index contributed by atoms with van der Waals surface area (Å²) in [6, 6.07) is 0. The van der Waals surface area contributed by atoms with Crippen molar-refractivity contribution in [1.29, 1.82) is 0 Å². The zero-order chi connectivity index (χ0) is 9.07. The van der Waals surface area contributed by atoms with Gasteiger partial charge in [-0.05, 0) is 23.6 Å². The molecule has 64 valence electrons. The summed E-state index contributed by atoms with van der Waals surface area (Å²) in [5, 5.41) is 0. The third-order valence-corrected chi connectivity index (χ3v) is 1.82. The summed E-state index contributed by atoms with van der Waals surface area (Å²) in [5.74, 6) is -0.0370. The van der Waals surface area contributed by atoms with Gasteiger partial charge in [0.2, 0.25) is 0 Å². The van der Waals surface area contributed by atoms with E-state index in [9.17, 15) is 4.79 Å². The van der Waals surface area contributed by atoms with Crippen molar-refractivity contribution in [3.63, 3.8) is 0 Å². The molecule has 0 radical (unpaired) electrons. The minimum atomic E-state index is -0.0370. The Labute approximate surface area is 74.2 Å². The molecule has 1 nitrogen and oxygen atoms in total. The van der Waals surface area contributed by atoms with Crippen LogP contribution in [-0.4, -0.2) is 11.2 Å². The molecule has 1 atom stereocenters. The molecule has 0 spiro atoms. The standard InChI is InChI=1S/C9H16OS/c1-7(11)8(6-10)5-9(2,3)4/h6,8H,5H2,1-4H3. The number of rotatable bonds is 3. The van der Waals surface area contributed by atoms with Crippen LogP contribution in [0.5, 0.6) is 0 Å². The van der Waals surface area contributed by atoms with Crippen LogP contribution >= 0.6 is 12.2 Å². The van der Waals surface area contributed by atoms with Crippen molar-refractivity contribution >= 4 is 23.4 Å². The molecule has 0 bridgehead atoms. The van der Waals surface area contributed by atoms with E-state index in [1.807, 2.05) is 6.92 Å². The number of thiocarbonyl (C=S) groups is 1. The lowest BCUT2D eigenvalue weighted by atomic mass is 9.84. The molecule has 0 aliphatic rings. The third kappa shape index (κ3) is 5.08. The molecule has 0 saturated heterocycles. The first kappa shape index (κ1) is 10.8. The smallest absolute Gasteiger partial charge is 0.127 e. The highest BCUT2D eigenvalue weighted by Crippen LogP contribution is 2.24. The fourth-order valence-electron chi connectivity index (χ4n) is 0.947. The van der Waals surface area contributed by atoms with Gasteiger partial charge in [0.15, 0.2) is 0 Å². The highest BCUT2D eigenvalue weighted by molar-refractivity contribution is 7.80. The fourth-order valence-corrected chi connectivity index (χ4v) is 1.09. The average molecular weight is 172 g/mol. The van der Waals surface area contributed by atoms with Crippen LogP contribution in [0.25, 0.3) is 0 Å². The molecular weight excluding hydrogens is 156 g/mol. The Hall–Kier alpha value is -0.240. The summed E-state index contributed by atoms with van der Waals surface area (Å²) in [4.78, 5) is 11.3. The van der Waals surface area contributed by atoms with Crippen molar-refractivity contribution in [2.45, 2.75) is 34.1 Å². The van der Waals surface area contributed by atoms with Crippen LogP contribution in [0.3, 0.4) is 0 Å². The van der Waals surface area contributed by atoms with Crippen molar-refractivity contribution in [1.82, 2.24) is 0 Å². The van der Waals surface area contributed by atoms with Crippen molar-refractivity contribution in [3.05, 3.63) is 0 Å². The van der Waals surface area contributed by atoms with Gasteiger partial charge in [-0.3, -0.25) is 0 Å². The molecule has 0 aromatic rings. The maximum atomic E-state index is 10.5. The van der Waals surface area contributed by atoms with Gasteiger partial charge in [0.1, 0.15) is 6.29 Å². The average Bonchev–Trinajstić information content (AvgIpc) is 1.80. The Morgan fingerprint density at radius 3 is 2.09 bits per heavy atom. The normalized spacial score (nSPS) is 14.2. The van der Waals surface area contributed by atoms with Crippen molar-refractivity contribution in [3.8, 4) is 0 Å². The van der Waals surface area contributed by atoms with Gasteiger partial charge < -0.3 is 4.79 Å². The number of hydrogen-bond donors (Lipinski definition) is 0. The van der Waals surface area contributed by atoms with Crippen LogP contribution in [0.1, 0.15) is 34.1 Å². The third-order valence-electron chi connectivity index (χ3n) is 1.52. The first-order chi connectivity index (χ1) is 4.87.